The standard InChI is InChI=1S/C19H14F2N2O5/c1-26-10-4-5-11(14(8-10)27-2)16-15-17(28-22-16)19(25)23(18(15)24)13-6-3-9(20)7-12(13)21/h3-8,15,17H,1-2H3/t15-,17+/m1/s1. The Bertz CT molecular complexity index is 1020. The number of hydrogen-bond donors (Lipinski definition) is 0. The van der Waals surface area contributed by atoms with Crippen molar-refractivity contribution in [3.63, 3.8) is 0 Å². The summed E-state index contributed by atoms with van der Waals surface area (Å²) in [6.07, 6.45) is -1.22. The number of carbonyl (C=O) groups is 2. The van der Waals surface area contributed by atoms with Crippen LogP contribution in [-0.2, 0) is 14.4 Å². The van der Waals surface area contributed by atoms with Crippen molar-refractivity contribution in [2.45, 2.75) is 6.10 Å². The van der Waals surface area contributed by atoms with Crippen LogP contribution in [0.1, 0.15) is 5.56 Å². The SMILES string of the molecule is COc1ccc(C2=NO[C@@H]3C(=O)N(c4ccc(F)cc4F)C(=O)[C@H]23)c(OC)c1. The lowest BCUT2D eigenvalue weighted by Crippen LogP contribution is -2.34. The molecule has 0 bridgehead atoms. The van der Waals surface area contributed by atoms with Crippen LogP contribution in [-0.4, -0.2) is 37.8 Å². The predicted octanol–water partition coefficient (Wildman–Crippen LogP) is 2.27. The molecule has 0 spiro atoms. The van der Waals surface area contributed by atoms with Crippen LogP contribution in [0.15, 0.2) is 41.6 Å². The number of ether oxygens (including phenoxy) is 2. The number of oxime groups is 1. The smallest absolute Gasteiger partial charge is 0.279 e. The van der Waals surface area contributed by atoms with Crippen LogP contribution in [0.4, 0.5) is 14.5 Å². The summed E-state index contributed by atoms with van der Waals surface area (Å²) in [5.41, 5.74) is 0.293. The maximum absolute atomic E-state index is 14.2. The second kappa shape index (κ2) is 6.59. The maximum atomic E-state index is 14.2. The van der Waals surface area contributed by atoms with E-state index in [9.17, 15) is 18.4 Å². The summed E-state index contributed by atoms with van der Waals surface area (Å²) in [4.78, 5) is 31.5. The molecule has 4 rings (SSSR count). The quantitative estimate of drug-likeness (QED) is 0.751. The Morgan fingerprint density at radius 1 is 1.04 bits per heavy atom. The molecular weight excluding hydrogens is 374 g/mol. The average Bonchev–Trinajstić information content (AvgIpc) is 3.22. The number of hydrogen-bond acceptors (Lipinski definition) is 6. The van der Waals surface area contributed by atoms with Gasteiger partial charge in [0.25, 0.3) is 5.91 Å². The molecule has 1 saturated heterocycles. The predicted molar refractivity (Wildman–Crippen MR) is 93.3 cm³/mol. The first-order valence-electron chi connectivity index (χ1n) is 8.25. The Kier molecular flexibility index (Phi) is 4.21. The highest BCUT2D eigenvalue weighted by Crippen LogP contribution is 2.38. The van der Waals surface area contributed by atoms with Crippen molar-refractivity contribution in [3.8, 4) is 11.5 Å². The molecule has 7 nitrogen and oxygen atoms in total. The fourth-order valence-electron chi connectivity index (χ4n) is 3.31. The second-order valence-corrected chi connectivity index (χ2v) is 6.15. The van der Waals surface area contributed by atoms with Gasteiger partial charge in [-0.1, -0.05) is 5.16 Å². The van der Waals surface area contributed by atoms with Crippen LogP contribution in [0.5, 0.6) is 11.5 Å². The average molecular weight is 388 g/mol. The van der Waals surface area contributed by atoms with E-state index in [4.69, 9.17) is 14.3 Å². The van der Waals surface area contributed by atoms with E-state index in [1.807, 2.05) is 0 Å². The minimum Gasteiger partial charge on any atom is -0.497 e. The molecule has 2 atom stereocenters. The second-order valence-electron chi connectivity index (χ2n) is 6.15. The van der Waals surface area contributed by atoms with Gasteiger partial charge >= 0.3 is 0 Å². The third-order valence-electron chi connectivity index (χ3n) is 4.65. The van der Waals surface area contributed by atoms with Crippen molar-refractivity contribution in [1.29, 1.82) is 0 Å². The van der Waals surface area contributed by atoms with Gasteiger partial charge in [0.05, 0.1) is 19.9 Å². The number of methoxy groups -OCH3 is 2. The third kappa shape index (κ3) is 2.58. The summed E-state index contributed by atoms with van der Waals surface area (Å²) in [7, 11) is 2.93. The van der Waals surface area contributed by atoms with E-state index < -0.39 is 35.5 Å². The Balaban J connectivity index is 1.73. The topological polar surface area (TPSA) is 77.4 Å². The van der Waals surface area contributed by atoms with E-state index in [0.717, 1.165) is 12.1 Å². The monoisotopic (exact) mass is 388 g/mol. The van der Waals surface area contributed by atoms with Crippen LogP contribution in [0.2, 0.25) is 0 Å². The number of carbonyl (C=O) groups excluding carboxylic acids is 2. The molecule has 2 aliphatic rings. The van der Waals surface area contributed by atoms with Crippen LogP contribution in [0, 0.1) is 17.6 Å². The van der Waals surface area contributed by atoms with Crippen molar-refractivity contribution in [1.82, 2.24) is 0 Å². The highest BCUT2D eigenvalue weighted by atomic mass is 19.1. The fraction of sp³-hybridized carbons (Fsp3) is 0.211. The van der Waals surface area contributed by atoms with E-state index in [-0.39, 0.29) is 11.4 Å². The molecule has 0 saturated carbocycles. The molecule has 9 heteroatoms. The first-order chi connectivity index (χ1) is 13.5. The molecule has 1 fully saturated rings. The third-order valence-corrected chi connectivity index (χ3v) is 4.65. The zero-order chi connectivity index (χ0) is 20.0. The Morgan fingerprint density at radius 2 is 1.82 bits per heavy atom. The zero-order valence-electron chi connectivity index (χ0n) is 14.8. The zero-order valence-corrected chi connectivity index (χ0v) is 14.8. The van der Waals surface area contributed by atoms with E-state index in [1.54, 1.807) is 18.2 Å². The minimum absolute atomic E-state index is 0.188. The van der Waals surface area contributed by atoms with E-state index in [1.165, 1.54) is 14.2 Å². The summed E-state index contributed by atoms with van der Waals surface area (Å²) in [5, 5.41) is 3.89. The number of benzene rings is 2. The molecule has 2 aromatic rings. The van der Waals surface area contributed by atoms with Crippen LogP contribution in [0.3, 0.4) is 0 Å². The van der Waals surface area contributed by atoms with Gasteiger partial charge in [0, 0.05) is 17.7 Å². The van der Waals surface area contributed by atoms with Gasteiger partial charge in [0.2, 0.25) is 12.0 Å². The molecule has 0 N–H and O–H groups in total. The molecule has 0 aliphatic carbocycles. The van der Waals surface area contributed by atoms with Gasteiger partial charge in [0.15, 0.2) is 0 Å². The number of anilines is 1. The van der Waals surface area contributed by atoms with Crippen LogP contribution < -0.4 is 14.4 Å². The Morgan fingerprint density at radius 3 is 2.50 bits per heavy atom. The van der Waals surface area contributed by atoms with Crippen molar-refractivity contribution in [2.24, 2.45) is 11.1 Å². The Hall–Kier alpha value is -3.49. The van der Waals surface area contributed by atoms with E-state index >= 15 is 0 Å². The van der Waals surface area contributed by atoms with Crippen LogP contribution >= 0.6 is 0 Å². The van der Waals surface area contributed by atoms with E-state index in [2.05, 4.69) is 5.16 Å². The lowest BCUT2D eigenvalue weighted by atomic mass is 9.93. The van der Waals surface area contributed by atoms with Gasteiger partial charge in [-0.25, -0.2) is 13.7 Å². The van der Waals surface area contributed by atoms with E-state index in [0.29, 0.717) is 28.0 Å². The van der Waals surface area contributed by atoms with Gasteiger partial charge in [0.1, 0.15) is 34.8 Å². The maximum Gasteiger partial charge on any atom is 0.279 e. The molecular formula is C19H14F2N2O5. The number of fused-ring (bicyclic) bond motifs is 1. The summed E-state index contributed by atoms with van der Waals surface area (Å²) >= 11 is 0. The van der Waals surface area contributed by atoms with Gasteiger partial charge in [-0.15, -0.1) is 0 Å². The summed E-state index contributed by atoms with van der Waals surface area (Å²) < 4.78 is 37.8. The van der Waals surface area contributed by atoms with Crippen molar-refractivity contribution in [2.75, 3.05) is 19.1 Å². The number of rotatable bonds is 4. The lowest BCUT2D eigenvalue weighted by molar-refractivity contribution is -0.126. The highest BCUT2D eigenvalue weighted by molar-refractivity contribution is 6.32. The van der Waals surface area contributed by atoms with Crippen molar-refractivity contribution in [3.05, 3.63) is 53.6 Å². The fourth-order valence-corrected chi connectivity index (χ4v) is 3.31. The summed E-state index contributed by atoms with van der Waals surface area (Å²) in [6.45, 7) is 0. The molecule has 0 radical (unpaired) electrons. The Labute approximate surface area is 158 Å². The normalized spacial score (nSPS) is 20.7. The molecule has 144 valence electrons. The summed E-state index contributed by atoms with van der Waals surface area (Å²) in [5.74, 6) is -3.50. The molecule has 2 aromatic carbocycles. The first kappa shape index (κ1) is 17.9. The molecule has 2 heterocycles. The number of imide groups is 1. The molecule has 2 aliphatic heterocycles. The first-order valence-corrected chi connectivity index (χ1v) is 8.25. The summed E-state index contributed by atoms with van der Waals surface area (Å²) in [6, 6.07) is 7.48. The molecule has 2 amide bonds. The van der Waals surface area contributed by atoms with Gasteiger partial charge in [-0.3, -0.25) is 9.59 Å². The van der Waals surface area contributed by atoms with Crippen molar-refractivity contribution < 1.29 is 32.7 Å². The van der Waals surface area contributed by atoms with Crippen molar-refractivity contribution >= 4 is 23.2 Å². The largest absolute Gasteiger partial charge is 0.497 e. The molecule has 0 aromatic heterocycles. The highest BCUT2D eigenvalue weighted by Gasteiger charge is 2.57. The van der Waals surface area contributed by atoms with Crippen LogP contribution in [0.25, 0.3) is 0 Å². The number of halogens is 2. The lowest BCUT2D eigenvalue weighted by Gasteiger charge is -2.16. The van der Waals surface area contributed by atoms with Gasteiger partial charge < -0.3 is 14.3 Å². The minimum atomic E-state index is -1.22. The van der Waals surface area contributed by atoms with Gasteiger partial charge in [-0.05, 0) is 24.3 Å². The number of nitrogens with zero attached hydrogens (tertiary/aromatic N) is 2. The number of amides is 2. The van der Waals surface area contributed by atoms with Gasteiger partial charge in [-0.2, -0.15) is 0 Å². The molecule has 0 unspecified atom stereocenters. The molecule has 28 heavy (non-hydrogen) atoms.